The fraction of sp³-hybridized carbons (Fsp3) is 0.222. The van der Waals surface area contributed by atoms with Crippen molar-refractivity contribution in [3.8, 4) is 11.5 Å². The Kier molecular flexibility index (Phi) is 5.13. The topological polar surface area (TPSA) is 70.2 Å². The highest BCUT2D eigenvalue weighted by molar-refractivity contribution is 6.00. The summed E-state index contributed by atoms with van der Waals surface area (Å²) in [6.07, 6.45) is 1.57. The normalized spacial score (nSPS) is 11.1. The van der Waals surface area contributed by atoms with Crippen molar-refractivity contribution in [2.75, 3.05) is 27.2 Å². The second kappa shape index (κ2) is 7.49. The lowest BCUT2D eigenvalue weighted by molar-refractivity contribution is 0.0948. The molecule has 3 rings (SSSR count). The van der Waals surface area contributed by atoms with Gasteiger partial charge < -0.3 is 15.0 Å². The quantitative estimate of drug-likeness (QED) is 0.709. The third-order valence-electron chi connectivity index (χ3n) is 3.74. The molecular formula is C18H18F2N4O2. The van der Waals surface area contributed by atoms with Crippen molar-refractivity contribution in [2.24, 2.45) is 0 Å². The highest BCUT2D eigenvalue weighted by atomic mass is 19.1. The number of aromatic nitrogens is 2. The van der Waals surface area contributed by atoms with Crippen LogP contribution in [0.1, 0.15) is 10.4 Å². The van der Waals surface area contributed by atoms with Gasteiger partial charge in [0, 0.05) is 24.5 Å². The summed E-state index contributed by atoms with van der Waals surface area (Å²) in [5.41, 5.74) is 0.874. The summed E-state index contributed by atoms with van der Waals surface area (Å²) >= 11 is 0. The molecule has 0 aliphatic rings. The Hall–Kier alpha value is -3.00. The highest BCUT2D eigenvalue weighted by Gasteiger charge is 2.17. The van der Waals surface area contributed by atoms with Gasteiger partial charge in [0.05, 0.1) is 17.3 Å². The smallest absolute Gasteiger partial charge is 0.255 e. The molecule has 26 heavy (non-hydrogen) atoms. The molecule has 2 N–H and O–H groups in total. The Bertz CT molecular complexity index is 940. The molecule has 6 nitrogen and oxygen atoms in total. The Balaban J connectivity index is 1.93. The monoisotopic (exact) mass is 360 g/mol. The summed E-state index contributed by atoms with van der Waals surface area (Å²) in [6, 6.07) is 6.17. The average molecular weight is 360 g/mol. The zero-order chi connectivity index (χ0) is 18.7. The molecule has 0 bridgehead atoms. The second-order valence-electron chi connectivity index (χ2n) is 6.04. The molecule has 8 heteroatoms. The maximum absolute atomic E-state index is 13.9. The lowest BCUT2D eigenvalue weighted by Gasteiger charge is -2.14. The lowest BCUT2D eigenvalue weighted by Crippen LogP contribution is -2.31. The number of rotatable bonds is 6. The number of nitrogens with zero attached hydrogens (tertiary/aromatic N) is 2. The second-order valence-corrected chi connectivity index (χ2v) is 6.04. The van der Waals surface area contributed by atoms with Gasteiger partial charge in [-0.25, -0.2) is 8.78 Å². The Morgan fingerprint density at radius 3 is 2.77 bits per heavy atom. The first-order valence-electron chi connectivity index (χ1n) is 7.97. The molecule has 0 atom stereocenters. The van der Waals surface area contributed by atoms with E-state index in [-0.39, 0.29) is 23.0 Å². The summed E-state index contributed by atoms with van der Waals surface area (Å²) in [7, 11) is 3.79. The van der Waals surface area contributed by atoms with E-state index in [4.69, 9.17) is 4.74 Å². The Morgan fingerprint density at radius 1 is 1.23 bits per heavy atom. The van der Waals surface area contributed by atoms with Gasteiger partial charge in [-0.2, -0.15) is 5.10 Å². The molecule has 0 unspecified atom stereocenters. The number of fused-ring (bicyclic) bond motifs is 1. The van der Waals surface area contributed by atoms with Crippen LogP contribution in [-0.2, 0) is 0 Å². The lowest BCUT2D eigenvalue weighted by atomic mass is 10.1. The minimum Gasteiger partial charge on any atom is -0.453 e. The number of nitrogens with one attached hydrogen (secondary N) is 2. The van der Waals surface area contributed by atoms with E-state index in [2.05, 4.69) is 15.5 Å². The third kappa shape index (κ3) is 3.97. The Labute approximate surface area is 148 Å². The van der Waals surface area contributed by atoms with Gasteiger partial charge in [0.15, 0.2) is 11.6 Å². The Morgan fingerprint density at radius 2 is 2.04 bits per heavy atom. The molecule has 2 aromatic carbocycles. The first kappa shape index (κ1) is 17.8. The van der Waals surface area contributed by atoms with Crippen molar-refractivity contribution >= 4 is 16.8 Å². The molecule has 0 fully saturated rings. The van der Waals surface area contributed by atoms with Crippen LogP contribution in [0, 0.1) is 11.6 Å². The number of halogens is 2. The minimum absolute atomic E-state index is 0.159. The number of carbonyl (C=O) groups excluding carboxylic acids is 1. The van der Waals surface area contributed by atoms with Crippen LogP contribution in [0.3, 0.4) is 0 Å². The van der Waals surface area contributed by atoms with Gasteiger partial charge in [0.1, 0.15) is 11.6 Å². The summed E-state index contributed by atoms with van der Waals surface area (Å²) in [5.74, 6) is -1.93. The number of amides is 1. The highest BCUT2D eigenvalue weighted by Crippen LogP contribution is 2.31. The van der Waals surface area contributed by atoms with E-state index in [9.17, 15) is 13.6 Å². The fourth-order valence-electron chi connectivity index (χ4n) is 2.40. The molecule has 1 heterocycles. The first-order chi connectivity index (χ1) is 12.4. The van der Waals surface area contributed by atoms with Crippen molar-refractivity contribution in [1.82, 2.24) is 20.4 Å². The third-order valence-corrected chi connectivity index (χ3v) is 3.74. The van der Waals surface area contributed by atoms with E-state index in [1.165, 1.54) is 6.07 Å². The van der Waals surface area contributed by atoms with E-state index < -0.39 is 11.6 Å². The minimum atomic E-state index is -0.851. The van der Waals surface area contributed by atoms with Crippen LogP contribution in [0.5, 0.6) is 11.5 Å². The van der Waals surface area contributed by atoms with Crippen molar-refractivity contribution in [3.05, 3.63) is 53.7 Å². The van der Waals surface area contributed by atoms with Crippen LogP contribution in [0.25, 0.3) is 10.9 Å². The molecule has 0 aliphatic heterocycles. The average Bonchev–Trinajstić information content (AvgIpc) is 3.03. The van der Waals surface area contributed by atoms with Crippen molar-refractivity contribution in [2.45, 2.75) is 0 Å². The molecule has 0 spiro atoms. The zero-order valence-electron chi connectivity index (χ0n) is 14.3. The van der Waals surface area contributed by atoms with Crippen LogP contribution in [0.15, 0.2) is 36.5 Å². The number of benzene rings is 2. The predicted octanol–water partition coefficient (Wildman–Crippen LogP) is 2.92. The van der Waals surface area contributed by atoms with Gasteiger partial charge in [-0.15, -0.1) is 0 Å². The summed E-state index contributed by atoms with van der Waals surface area (Å²) < 4.78 is 32.6. The first-order valence-corrected chi connectivity index (χ1v) is 7.97. The van der Waals surface area contributed by atoms with E-state index in [1.54, 1.807) is 18.3 Å². The van der Waals surface area contributed by atoms with Crippen LogP contribution in [0.4, 0.5) is 8.78 Å². The van der Waals surface area contributed by atoms with Crippen LogP contribution in [-0.4, -0.2) is 48.2 Å². The molecule has 0 aliphatic carbocycles. The van der Waals surface area contributed by atoms with Gasteiger partial charge >= 0.3 is 0 Å². The van der Waals surface area contributed by atoms with Gasteiger partial charge in [0.25, 0.3) is 5.91 Å². The molecule has 3 aromatic rings. The molecule has 136 valence electrons. The molecule has 1 amide bonds. The van der Waals surface area contributed by atoms with E-state index in [1.807, 2.05) is 19.0 Å². The maximum atomic E-state index is 13.9. The number of likely N-dealkylation sites (N-methyl/N-ethyl adjacent to an activating group) is 1. The van der Waals surface area contributed by atoms with Crippen LogP contribution in [0.2, 0.25) is 0 Å². The van der Waals surface area contributed by atoms with Crippen molar-refractivity contribution in [3.63, 3.8) is 0 Å². The van der Waals surface area contributed by atoms with E-state index in [0.29, 0.717) is 24.0 Å². The molecule has 0 radical (unpaired) electrons. The van der Waals surface area contributed by atoms with Gasteiger partial charge in [0.2, 0.25) is 0 Å². The largest absolute Gasteiger partial charge is 0.453 e. The number of ether oxygens (including phenoxy) is 1. The predicted molar refractivity (Wildman–Crippen MR) is 93.4 cm³/mol. The van der Waals surface area contributed by atoms with Gasteiger partial charge in [-0.1, -0.05) is 0 Å². The fourth-order valence-corrected chi connectivity index (χ4v) is 2.40. The number of carbonyl (C=O) groups is 1. The molecule has 0 saturated heterocycles. The van der Waals surface area contributed by atoms with Crippen molar-refractivity contribution < 1.29 is 18.3 Å². The van der Waals surface area contributed by atoms with Crippen LogP contribution >= 0.6 is 0 Å². The van der Waals surface area contributed by atoms with Crippen LogP contribution < -0.4 is 10.1 Å². The number of aromatic amines is 1. The maximum Gasteiger partial charge on any atom is 0.255 e. The molecular weight excluding hydrogens is 342 g/mol. The SMILES string of the molecule is CN(C)CCNC(=O)c1cc2[nH]ncc2cc1Oc1ccc(F)cc1F. The van der Waals surface area contributed by atoms with Gasteiger partial charge in [-0.05, 0) is 38.4 Å². The number of hydrogen-bond acceptors (Lipinski definition) is 4. The summed E-state index contributed by atoms with van der Waals surface area (Å²) in [5, 5.41) is 10.2. The van der Waals surface area contributed by atoms with Crippen molar-refractivity contribution in [1.29, 1.82) is 0 Å². The molecule has 1 aromatic heterocycles. The van der Waals surface area contributed by atoms with E-state index >= 15 is 0 Å². The summed E-state index contributed by atoms with van der Waals surface area (Å²) in [4.78, 5) is 14.5. The zero-order valence-corrected chi connectivity index (χ0v) is 14.3. The molecule has 0 saturated carbocycles. The van der Waals surface area contributed by atoms with Gasteiger partial charge in [-0.3, -0.25) is 9.89 Å². The summed E-state index contributed by atoms with van der Waals surface area (Å²) in [6.45, 7) is 1.11. The number of hydrogen-bond donors (Lipinski definition) is 2. The van der Waals surface area contributed by atoms with E-state index in [0.717, 1.165) is 12.1 Å². The number of H-pyrrole nitrogens is 1. The standard InChI is InChI=1S/C18H18F2N4O2/c1-24(2)6-5-21-18(25)13-9-15-11(10-22-23-15)7-17(13)26-16-4-3-12(19)8-14(16)20/h3-4,7-10H,5-6H2,1-2H3,(H,21,25)(H,22,23).